The highest BCUT2D eigenvalue weighted by molar-refractivity contribution is 6.32. The van der Waals surface area contributed by atoms with Gasteiger partial charge in [0.05, 0.1) is 12.1 Å². The van der Waals surface area contributed by atoms with E-state index in [1.54, 1.807) is 30.6 Å². The minimum absolute atomic E-state index is 0.161. The lowest BCUT2D eigenvalue weighted by atomic mass is 10.2. The predicted octanol–water partition coefficient (Wildman–Crippen LogP) is 4.07. The molecule has 1 aromatic heterocycles. The van der Waals surface area contributed by atoms with E-state index in [4.69, 9.17) is 25.8 Å². The average molecular weight is 360 g/mol. The average Bonchev–Trinajstić information content (AvgIpc) is 2.64. The van der Waals surface area contributed by atoms with Gasteiger partial charge < -0.3 is 14.2 Å². The van der Waals surface area contributed by atoms with Crippen molar-refractivity contribution in [1.82, 2.24) is 4.98 Å². The Morgan fingerprint density at radius 1 is 1.40 bits per heavy atom. The molecule has 0 aliphatic rings. The topological polar surface area (TPSA) is 57.7 Å². The lowest BCUT2D eigenvalue weighted by molar-refractivity contribution is -0.136. The Morgan fingerprint density at radius 3 is 2.92 bits per heavy atom. The van der Waals surface area contributed by atoms with Gasteiger partial charge in [-0.05, 0) is 29.8 Å². The zero-order valence-corrected chi connectivity index (χ0v) is 14.5. The van der Waals surface area contributed by atoms with E-state index in [1.165, 1.54) is 19.3 Å². The van der Waals surface area contributed by atoms with Crippen LogP contribution in [0.15, 0.2) is 55.4 Å². The molecule has 0 bridgehead atoms. The summed E-state index contributed by atoms with van der Waals surface area (Å²) in [5, 5.41) is 0.377. The van der Waals surface area contributed by atoms with Crippen LogP contribution in [0, 0.1) is 0 Å². The van der Waals surface area contributed by atoms with Crippen molar-refractivity contribution in [1.29, 1.82) is 0 Å². The van der Waals surface area contributed by atoms with Crippen molar-refractivity contribution < 1.29 is 19.0 Å². The van der Waals surface area contributed by atoms with Gasteiger partial charge in [0.25, 0.3) is 0 Å². The maximum Gasteiger partial charge on any atom is 0.331 e. The third kappa shape index (κ3) is 5.65. The number of hydrogen-bond acceptors (Lipinski definition) is 5. The summed E-state index contributed by atoms with van der Waals surface area (Å²) in [6.45, 7) is 3.95. The summed E-state index contributed by atoms with van der Waals surface area (Å²) in [6, 6.07) is 7.14. The maximum atomic E-state index is 11.5. The van der Waals surface area contributed by atoms with E-state index in [-0.39, 0.29) is 6.61 Å². The normalized spacial score (nSPS) is 10.5. The molecule has 2 rings (SSSR count). The first kappa shape index (κ1) is 18.5. The Hall–Kier alpha value is -2.79. The first-order chi connectivity index (χ1) is 12.1. The van der Waals surface area contributed by atoms with Crippen LogP contribution in [0.1, 0.15) is 11.1 Å². The van der Waals surface area contributed by atoms with Gasteiger partial charge in [0, 0.05) is 24.0 Å². The van der Waals surface area contributed by atoms with Crippen LogP contribution in [0.5, 0.6) is 11.5 Å². The molecule has 0 fully saturated rings. The Balaban J connectivity index is 2.13. The van der Waals surface area contributed by atoms with Crippen molar-refractivity contribution in [3.8, 4) is 11.5 Å². The van der Waals surface area contributed by atoms with Gasteiger partial charge in [-0.2, -0.15) is 0 Å². The summed E-state index contributed by atoms with van der Waals surface area (Å²) in [7, 11) is 1.52. The van der Waals surface area contributed by atoms with Gasteiger partial charge in [-0.3, -0.25) is 4.98 Å². The molecule has 25 heavy (non-hydrogen) atoms. The number of rotatable bonds is 8. The van der Waals surface area contributed by atoms with Crippen LogP contribution in [0.3, 0.4) is 0 Å². The molecule has 0 aliphatic carbocycles. The van der Waals surface area contributed by atoms with Gasteiger partial charge in [-0.15, -0.1) is 0 Å². The van der Waals surface area contributed by atoms with Gasteiger partial charge in [0.1, 0.15) is 13.2 Å². The quantitative estimate of drug-likeness (QED) is 0.404. The number of hydrogen-bond donors (Lipinski definition) is 0. The van der Waals surface area contributed by atoms with Crippen LogP contribution in [0.25, 0.3) is 6.08 Å². The van der Waals surface area contributed by atoms with E-state index in [0.29, 0.717) is 28.7 Å². The van der Waals surface area contributed by atoms with Crippen LogP contribution in [0.2, 0.25) is 5.02 Å². The number of benzene rings is 1. The van der Waals surface area contributed by atoms with E-state index in [1.807, 2.05) is 12.1 Å². The van der Waals surface area contributed by atoms with E-state index in [9.17, 15) is 4.79 Å². The molecule has 6 heteroatoms. The van der Waals surface area contributed by atoms with Crippen LogP contribution >= 0.6 is 11.6 Å². The van der Waals surface area contributed by atoms with E-state index in [0.717, 1.165) is 5.56 Å². The standard InChI is InChI=1S/C19H18ClNO4/c1-3-9-24-18(22)7-6-14-10-16(20)19(17(11-14)23-2)25-13-15-5-4-8-21-12-15/h3-8,10-12H,1,9,13H2,2H3/b7-6+. The fourth-order valence-electron chi connectivity index (χ4n) is 1.97. The number of carbonyl (C=O) groups excluding carboxylic acids is 1. The third-order valence-corrected chi connectivity index (χ3v) is 3.39. The highest BCUT2D eigenvalue weighted by Crippen LogP contribution is 2.37. The van der Waals surface area contributed by atoms with Gasteiger partial charge in [-0.1, -0.05) is 30.3 Å². The summed E-state index contributed by atoms with van der Waals surface area (Å²) >= 11 is 6.29. The van der Waals surface area contributed by atoms with Crippen molar-refractivity contribution in [2.75, 3.05) is 13.7 Å². The van der Waals surface area contributed by atoms with Crippen molar-refractivity contribution in [3.05, 3.63) is 71.5 Å². The highest BCUT2D eigenvalue weighted by atomic mass is 35.5. The molecule has 0 unspecified atom stereocenters. The first-order valence-electron chi connectivity index (χ1n) is 7.49. The summed E-state index contributed by atoms with van der Waals surface area (Å²) in [5.41, 5.74) is 1.60. The Bertz CT molecular complexity index is 760. The molecule has 0 spiro atoms. The molecule has 5 nitrogen and oxygen atoms in total. The number of ether oxygens (including phenoxy) is 3. The van der Waals surface area contributed by atoms with Crippen LogP contribution < -0.4 is 9.47 Å². The van der Waals surface area contributed by atoms with Gasteiger partial charge >= 0.3 is 5.97 Å². The number of nitrogens with zero attached hydrogens (tertiary/aromatic N) is 1. The number of esters is 1. The van der Waals surface area contributed by atoms with E-state index in [2.05, 4.69) is 11.6 Å². The zero-order chi connectivity index (χ0) is 18.1. The number of halogens is 1. The number of methoxy groups -OCH3 is 1. The lowest BCUT2D eigenvalue weighted by Crippen LogP contribution is -2.00. The summed E-state index contributed by atoms with van der Waals surface area (Å²) in [5.74, 6) is 0.432. The Morgan fingerprint density at radius 2 is 2.24 bits per heavy atom. The second kappa shape index (κ2) is 9.49. The molecule has 1 heterocycles. The van der Waals surface area contributed by atoms with Crippen molar-refractivity contribution in [3.63, 3.8) is 0 Å². The van der Waals surface area contributed by atoms with Crippen molar-refractivity contribution >= 4 is 23.6 Å². The largest absolute Gasteiger partial charge is 0.493 e. The van der Waals surface area contributed by atoms with Crippen molar-refractivity contribution in [2.24, 2.45) is 0 Å². The highest BCUT2D eigenvalue weighted by Gasteiger charge is 2.12. The molecule has 0 saturated heterocycles. The van der Waals surface area contributed by atoms with Gasteiger partial charge in [0.2, 0.25) is 0 Å². The minimum atomic E-state index is -0.466. The second-order valence-corrected chi connectivity index (χ2v) is 5.34. The molecular formula is C19H18ClNO4. The zero-order valence-electron chi connectivity index (χ0n) is 13.8. The maximum absolute atomic E-state index is 11.5. The summed E-state index contributed by atoms with van der Waals surface area (Å²) in [6.07, 6.45) is 7.81. The minimum Gasteiger partial charge on any atom is -0.493 e. The van der Waals surface area contributed by atoms with Crippen molar-refractivity contribution in [2.45, 2.75) is 6.61 Å². The summed E-state index contributed by atoms with van der Waals surface area (Å²) < 4.78 is 16.0. The number of pyridine rings is 1. The van der Waals surface area contributed by atoms with Crippen LogP contribution in [-0.2, 0) is 16.1 Å². The fraction of sp³-hybridized carbons (Fsp3) is 0.158. The van der Waals surface area contributed by atoms with Gasteiger partial charge in [-0.25, -0.2) is 4.79 Å². The molecule has 1 aromatic carbocycles. The van der Waals surface area contributed by atoms with Gasteiger partial charge in [0.15, 0.2) is 11.5 Å². The van der Waals surface area contributed by atoms with Crippen LogP contribution in [0.4, 0.5) is 0 Å². The molecule has 0 aliphatic heterocycles. The lowest BCUT2D eigenvalue weighted by Gasteiger charge is -2.13. The molecule has 0 N–H and O–H groups in total. The number of aromatic nitrogens is 1. The molecule has 0 amide bonds. The monoisotopic (exact) mass is 359 g/mol. The molecular weight excluding hydrogens is 342 g/mol. The summed E-state index contributed by atoms with van der Waals surface area (Å²) in [4.78, 5) is 15.5. The SMILES string of the molecule is C=CCOC(=O)/C=C/c1cc(Cl)c(OCc2cccnc2)c(OC)c1. The second-order valence-electron chi connectivity index (χ2n) is 4.94. The molecule has 130 valence electrons. The molecule has 0 saturated carbocycles. The predicted molar refractivity (Wildman–Crippen MR) is 96.8 cm³/mol. The molecule has 0 radical (unpaired) electrons. The van der Waals surface area contributed by atoms with E-state index < -0.39 is 5.97 Å². The fourth-order valence-corrected chi connectivity index (χ4v) is 2.24. The Kier molecular flexibility index (Phi) is 7.04. The molecule has 2 aromatic rings. The number of carbonyl (C=O) groups is 1. The third-order valence-electron chi connectivity index (χ3n) is 3.11. The molecule has 0 atom stereocenters. The van der Waals surface area contributed by atoms with Crippen LogP contribution in [-0.4, -0.2) is 24.7 Å². The smallest absolute Gasteiger partial charge is 0.331 e. The first-order valence-corrected chi connectivity index (χ1v) is 7.86. The Labute approximate surface area is 151 Å². The van der Waals surface area contributed by atoms with E-state index >= 15 is 0 Å².